The standard InChI is InChI=1S/C20H25FN2OS/c21-18-6-1-4-17(16-18)5-2-10-22-11-13-23(14-12-22)20(24)9-8-19-7-3-15-25-19/h1,3-4,6-7,15-16H,2,5,8-14H2. The molecule has 25 heavy (non-hydrogen) atoms. The Morgan fingerprint density at radius 3 is 2.64 bits per heavy atom. The van der Waals surface area contributed by atoms with Crippen molar-refractivity contribution in [3.63, 3.8) is 0 Å². The van der Waals surface area contributed by atoms with Crippen LogP contribution >= 0.6 is 11.3 Å². The minimum Gasteiger partial charge on any atom is -0.340 e. The Labute approximate surface area is 153 Å². The molecule has 0 N–H and O–H groups in total. The fraction of sp³-hybridized carbons (Fsp3) is 0.450. The fourth-order valence-electron chi connectivity index (χ4n) is 3.26. The Bertz CT molecular complexity index is 666. The number of piperazine rings is 1. The van der Waals surface area contributed by atoms with Crippen molar-refractivity contribution in [3.8, 4) is 0 Å². The largest absolute Gasteiger partial charge is 0.340 e. The monoisotopic (exact) mass is 360 g/mol. The third kappa shape index (κ3) is 5.65. The number of hydrogen-bond acceptors (Lipinski definition) is 3. The number of carbonyl (C=O) groups is 1. The highest BCUT2D eigenvalue weighted by atomic mass is 32.1. The maximum atomic E-state index is 13.2. The van der Waals surface area contributed by atoms with Gasteiger partial charge in [0.05, 0.1) is 0 Å². The third-order valence-corrected chi connectivity index (χ3v) is 5.66. The molecule has 0 unspecified atom stereocenters. The lowest BCUT2D eigenvalue weighted by Gasteiger charge is -2.34. The number of aryl methyl sites for hydroxylation is 2. The average Bonchev–Trinajstić information content (AvgIpc) is 3.14. The highest BCUT2D eigenvalue weighted by Crippen LogP contribution is 2.13. The van der Waals surface area contributed by atoms with Crippen molar-refractivity contribution in [2.24, 2.45) is 0 Å². The summed E-state index contributed by atoms with van der Waals surface area (Å²) in [7, 11) is 0. The van der Waals surface area contributed by atoms with E-state index in [4.69, 9.17) is 0 Å². The summed E-state index contributed by atoms with van der Waals surface area (Å²) in [5.41, 5.74) is 1.06. The molecule has 1 aliphatic heterocycles. The van der Waals surface area contributed by atoms with Gasteiger partial charge in [-0.15, -0.1) is 11.3 Å². The predicted octanol–water partition coefficient (Wildman–Crippen LogP) is 3.60. The van der Waals surface area contributed by atoms with Crippen LogP contribution in [0.5, 0.6) is 0 Å². The van der Waals surface area contributed by atoms with Crippen LogP contribution in [0.3, 0.4) is 0 Å². The molecule has 0 spiro atoms. The molecule has 0 bridgehead atoms. The van der Waals surface area contributed by atoms with Crippen molar-refractivity contribution in [2.75, 3.05) is 32.7 Å². The predicted molar refractivity (Wildman–Crippen MR) is 100 cm³/mol. The quantitative estimate of drug-likeness (QED) is 0.753. The van der Waals surface area contributed by atoms with E-state index in [-0.39, 0.29) is 11.7 Å². The first kappa shape index (κ1) is 18.1. The van der Waals surface area contributed by atoms with E-state index in [0.717, 1.165) is 57.5 Å². The maximum Gasteiger partial charge on any atom is 0.223 e. The van der Waals surface area contributed by atoms with Gasteiger partial charge in [0.15, 0.2) is 0 Å². The van der Waals surface area contributed by atoms with E-state index >= 15 is 0 Å². The normalized spacial score (nSPS) is 15.5. The number of carbonyl (C=O) groups excluding carboxylic acids is 1. The topological polar surface area (TPSA) is 23.6 Å². The number of halogens is 1. The Balaban J connectivity index is 1.33. The molecule has 0 aliphatic carbocycles. The van der Waals surface area contributed by atoms with E-state index in [2.05, 4.69) is 16.3 Å². The van der Waals surface area contributed by atoms with Crippen LogP contribution in [-0.4, -0.2) is 48.4 Å². The summed E-state index contributed by atoms with van der Waals surface area (Å²) in [5.74, 6) is 0.111. The van der Waals surface area contributed by atoms with Gasteiger partial charge in [0.1, 0.15) is 5.82 Å². The highest BCUT2D eigenvalue weighted by molar-refractivity contribution is 7.09. The maximum absolute atomic E-state index is 13.2. The second-order valence-corrected chi connectivity index (χ2v) is 7.57. The molecule has 5 heteroatoms. The highest BCUT2D eigenvalue weighted by Gasteiger charge is 2.20. The summed E-state index contributed by atoms with van der Waals surface area (Å²) in [6, 6.07) is 11.0. The third-order valence-electron chi connectivity index (χ3n) is 4.72. The van der Waals surface area contributed by atoms with Crippen LogP contribution in [0.25, 0.3) is 0 Å². The second kappa shape index (κ2) is 9.11. The van der Waals surface area contributed by atoms with Crippen molar-refractivity contribution < 1.29 is 9.18 Å². The molecule has 1 aromatic carbocycles. The van der Waals surface area contributed by atoms with Gasteiger partial charge in [-0.25, -0.2) is 4.39 Å². The number of thiophene rings is 1. The summed E-state index contributed by atoms with van der Waals surface area (Å²) >= 11 is 1.72. The first-order valence-electron chi connectivity index (χ1n) is 8.98. The minimum absolute atomic E-state index is 0.160. The molecule has 0 atom stereocenters. The summed E-state index contributed by atoms with van der Waals surface area (Å²) in [5, 5.41) is 2.06. The number of hydrogen-bond donors (Lipinski definition) is 0. The molecule has 1 amide bonds. The van der Waals surface area contributed by atoms with Gasteiger partial charge in [-0.1, -0.05) is 18.2 Å². The first-order chi connectivity index (χ1) is 12.2. The number of rotatable bonds is 7. The van der Waals surface area contributed by atoms with Crippen molar-refractivity contribution >= 4 is 17.2 Å². The lowest BCUT2D eigenvalue weighted by atomic mass is 10.1. The van der Waals surface area contributed by atoms with Crippen LogP contribution in [0.2, 0.25) is 0 Å². The van der Waals surface area contributed by atoms with Crippen molar-refractivity contribution in [1.29, 1.82) is 0 Å². The van der Waals surface area contributed by atoms with Crippen LogP contribution in [0, 0.1) is 5.82 Å². The van der Waals surface area contributed by atoms with Crippen LogP contribution in [-0.2, 0) is 17.6 Å². The molecule has 0 radical (unpaired) electrons. The van der Waals surface area contributed by atoms with E-state index in [0.29, 0.717) is 6.42 Å². The Kier molecular flexibility index (Phi) is 6.59. The molecule has 1 aromatic heterocycles. The SMILES string of the molecule is O=C(CCc1cccs1)N1CCN(CCCc2cccc(F)c2)CC1. The van der Waals surface area contributed by atoms with Gasteiger partial charge >= 0.3 is 0 Å². The van der Waals surface area contributed by atoms with Gasteiger partial charge in [0.25, 0.3) is 0 Å². The van der Waals surface area contributed by atoms with E-state index in [1.807, 2.05) is 17.0 Å². The molecule has 3 rings (SSSR count). The first-order valence-corrected chi connectivity index (χ1v) is 9.85. The Hall–Kier alpha value is -1.72. The summed E-state index contributed by atoms with van der Waals surface area (Å²) in [6.07, 6.45) is 3.39. The van der Waals surface area contributed by atoms with Crippen LogP contribution in [0.1, 0.15) is 23.3 Å². The number of nitrogens with zero attached hydrogens (tertiary/aromatic N) is 2. The molecule has 0 saturated carbocycles. The zero-order valence-corrected chi connectivity index (χ0v) is 15.3. The second-order valence-electron chi connectivity index (χ2n) is 6.54. The van der Waals surface area contributed by atoms with Crippen LogP contribution < -0.4 is 0 Å². The lowest BCUT2D eigenvalue weighted by Crippen LogP contribution is -2.48. The van der Waals surface area contributed by atoms with Gasteiger partial charge in [-0.2, -0.15) is 0 Å². The minimum atomic E-state index is -0.160. The van der Waals surface area contributed by atoms with Crippen molar-refractivity contribution in [3.05, 3.63) is 58.0 Å². The van der Waals surface area contributed by atoms with Gasteiger partial charge in [-0.05, 0) is 54.9 Å². The molecule has 1 aliphatic rings. The molecule has 1 saturated heterocycles. The molecule has 2 aromatic rings. The van der Waals surface area contributed by atoms with Crippen LogP contribution in [0.4, 0.5) is 4.39 Å². The van der Waals surface area contributed by atoms with E-state index in [1.54, 1.807) is 23.5 Å². The average molecular weight is 360 g/mol. The number of benzene rings is 1. The van der Waals surface area contributed by atoms with Gasteiger partial charge in [0, 0.05) is 37.5 Å². The van der Waals surface area contributed by atoms with E-state index in [9.17, 15) is 9.18 Å². The van der Waals surface area contributed by atoms with Crippen molar-refractivity contribution in [1.82, 2.24) is 9.80 Å². The van der Waals surface area contributed by atoms with E-state index in [1.165, 1.54) is 10.9 Å². The zero-order chi connectivity index (χ0) is 17.5. The zero-order valence-electron chi connectivity index (χ0n) is 14.5. The molecular formula is C20H25FN2OS. The van der Waals surface area contributed by atoms with Gasteiger partial charge < -0.3 is 4.90 Å². The van der Waals surface area contributed by atoms with Crippen molar-refractivity contribution in [2.45, 2.75) is 25.7 Å². The van der Waals surface area contributed by atoms with Crippen LogP contribution in [0.15, 0.2) is 41.8 Å². The Morgan fingerprint density at radius 1 is 1.08 bits per heavy atom. The molecular weight excluding hydrogens is 335 g/mol. The van der Waals surface area contributed by atoms with Gasteiger partial charge in [-0.3, -0.25) is 9.69 Å². The molecule has 2 heterocycles. The molecule has 134 valence electrons. The molecule has 1 fully saturated rings. The molecule has 3 nitrogen and oxygen atoms in total. The fourth-order valence-corrected chi connectivity index (χ4v) is 3.97. The number of amides is 1. The summed E-state index contributed by atoms with van der Waals surface area (Å²) in [6.45, 7) is 4.53. The summed E-state index contributed by atoms with van der Waals surface area (Å²) < 4.78 is 13.2. The lowest BCUT2D eigenvalue weighted by molar-refractivity contribution is -0.132. The van der Waals surface area contributed by atoms with E-state index < -0.39 is 0 Å². The smallest absolute Gasteiger partial charge is 0.223 e. The van der Waals surface area contributed by atoms with Gasteiger partial charge in [0.2, 0.25) is 5.91 Å². The summed E-state index contributed by atoms with van der Waals surface area (Å²) in [4.78, 5) is 18.0. The Morgan fingerprint density at radius 2 is 1.92 bits per heavy atom.